The minimum atomic E-state index is -4.81. The van der Waals surface area contributed by atoms with Crippen molar-refractivity contribution in [2.45, 2.75) is 50.2 Å². The Bertz CT molecular complexity index is 1170. The minimum Gasteiger partial charge on any atom is -0.490 e. The van der Waals surface area contributed by atoms with Crippen molar-refractivity contribution in [2.75, 3.05) is 6.61 Å². The lowest BCUT2D eigenvalue weighted by Crippen LogP contribution is -2.46. The molecule has 1 aliphatic rings. The molecule has 10 heteroatoms. The summed E-state index contributed by atoms with van der Waals surface area (Å²) in [5.74, 6) is -1.91. The van der Waals surface area contributed by atoms with E-state index >= 15 is 0 Å². The van der Waals surface area contributed by atoms with E-state index in [0.29, 0.717) is 40.8 Å². The molecule has 2 aromatic carbocycles. The summed E-state index contributed by atoms with van der Waals surface area (Å²) in [6.07, 6.45) is -2.05. The molecule has 0 saturated heterocycles. The third kappa shape index (κ3) is 5.13. The molecule has 1 unspecified atom stereocenters. The SMILES string of the molecule is OCCC(O)c1cc(F)c(CN[C@H]2C[C@H](Oc3ccc(F)c(C(F)(F)F)c3)C2)c2ccncc12. The van der Waals surface area contributed by atoms with Gasteiger partial charge in [-0.2, -0.15) is 13.2 Å². The van der Waals surface area contributed by atoms with Gasteiger partial charge in [-0.15, -0.1) is 0 Å². The van der Waals surface area contributed by atoms with E-state index in [2.05, 4.69) is 10.3 Å². The third-order valence-corrected chi connectivity index (χ3v) is 6.00. The van der Waals surface area contributed by atoms with E-state index in [0.717, 1.165) is 12.1 Å². The normalized spacial score (nSPS) is 19.1. The van der Waals surface area contributed by atoms with Crippen LogP contribution in [0.2, 0.25) is 0 Å². The smallest absolute Gasteiger partial charge is 0.419 e. The predicted molar refractivity (Wildman–Crippen MR) is 114 cm³/mol. The number of hydrogen-bond donors (Lipinski definition) is 3. The van der Waals surface area contributed by atoms with Crippen LogP contribution in [0.3, 0.4) is 0 Å². The lowest BCUT2D eigenvalue weighted by Gasteiger charge is -2.36. The number of aliphatic hydroxyl groups excluding tert-OH is 2. The van der Waals surface area contributed by atoms with Gasteiger partial charge in [0.15, 0.2) is 0 Å². The molecule has 0 radical (unpaired) electrons. The number of aliphatic hydroxyl groups is 2. The van der Waals surface area contributed by atoms with Crippen LogP contribution in [0.25, 0.3) is 10.8 Å². The Balaban J connectivity index is 1.39. The molecule has 0 bridgehead atoms. The first-order valence-electron chi connectivity index (χ1n) is 10.8. The first-order valence-corrected chi connectivity index (χ1v) is 10.8. The fourth-order valence-electron chi connectivity index (χ4n) is 4.11. The average molecular weight is 482 g/mol. The quantitative estimate of drug-likeness (QED) is 0.408. The highest BCUT2D eigenvalue weighted by Crippen LogP contribution is 2.35. The molecule has 1 aromatic heterocycles. The second kappa shape index (κ2) is 9.81. The van der Waals surface area contributed by atoms with Gasteiger partial charge in [-0.05, 0) is 54.1 Å². The summed E-state index contributed by atoms with van der Waals surface area (Å²) >= 11 is 0. The van der Waals surface area contributed by atoms with Gasteiger partial charge in [0.2, 0.25) is 0 Å². The van der Waals surface area contributed by atoms with E-state index < -0.39 is 29.5 Å². The van der Waals surface area contributed by atoms with Crippen molar-refractivity contribution >= 4 is 10.8 Å². The number of ether oxygens (including phenoxy) is 1. The van der Waals surface area contributed by atoms with E-state index in [1.807, 2.05) is 0 Å². The third-order valence-electron chi connectivity index (χ3n) is 6.00. The molecule has 0 amide bonds. The summed E-state index contributed by atoms with van der Waals surface area (Å²) in [6.45, 7) is -0.0525. The Kier molecular flexibility index (Phi) is 7.01. The molecular weight excluding hydrogens is 459 g/mol. The average Bonchev–Trinajstić information content (AvgIpc) is 2.76. The topological polar surface area (TPSA) is 74.6 Å². The minimum absolute atomic E-state index is 0.0384. The molecular formula is C24H23F5N2O3. The molecule has 34 heavy (non-hydrogen) atoms. The number of benzene rings is 2. The zero-order chi connectivity index (χ0) is 24.5. The van der Waals surface area contributed by atoms with Gasteiger partial charge in [0.25, 0.3) is 0 Å². The zero-order valence-corrected chi connectivity index (χ0v) is 17.9. The number of aromatic nitrogens is 1. The van der Waals surface area contributed by atoms with Gasteiger partial charge in [-0.25, -0.2) is 8.78 Å². The fraction of sp³-hybridized carbons (Fsp3) is 0.375. The Labute approximate surface area is 192 Å². The van der Waals surface area contributed by atoms with Gasteiger partial charge in [-0.3, -0.25) is 4.98 Å². The van der Waals surface area contributed by atoms with Gasteiger partial charge in [-0.1, -0.05) is 0 Å². The Morgan fingerprint density at radius 3 is 2.56 bits per heavy atom. The van der Waals surface area contributed by atoms with E-state index in [-0.39, 0.29) is 37.5 Å². The lowest BCUT2D eigenvalue weighted by atomic mass is 9.88. The molecule has 182 valence electrons. The molecule has 1 fully saturated rings. The maximum absolute atomic E-state index is 14.9. The number of rotatable bonds is 8. The summed E-state index contributed by atoms with van der Waals surface area (Å²) in [4.78, 5) is 4.06. The molecule has 4 rings (SSSR count). The van der Waals surface area contributed by atoms with Gasteiger partial charge in [0, 0.05) is 49.0 Å². The van der Waals surface area contributed by atoms with Crippen molar-refractivity contribution in [2.24, 2.45) is 0 Å². The number of nitrogens with zero attached hydrogens (tertiary/aromatic N) is 1. The first kappa shape index (κ1) is 24.3. The zero-order valence-electron chi connectivity index (χ0n) is 17.9. The number of halogens is 5. The molecule has 1 heterocycles. The molecule has 1 saturated carbocycles. The summed E-state index contributed by atoms with van der Waals surface area (Å²) in [6, 6.07) is 5.41. The van der Waals surface area contributed by atoms with Crippen LogP contribution in [0, 0.1) is 11.6 Å². The number of hydrogen-bond acceptors (Lipinski definition) is 5. The molecule has 0 aliphatic heterocycles. The standard InChI is InChI=1S/C24H23F5N2O3/c25-21-2-1-14(9-20(21)24(27,28)29)34-15-7-13(8-15)31-12-19-16-3-5-30-11-18(16)17(10-22(19)26)23(33)4-6-32/h1-3,5,9-11,13,15,23,31-33H,4,6-8,12H2/t13-,15-,23?. The van der Waals surface area contributed by atoms with Crippen molar-refractivity contribution in [1.29, 1.82) is 0 Å². The highest BCUT2D eigenvalue weighted by atomic mass is 19.4. The van der Waals surface area contributed by atoms with Crippen molar-refractivity contribution < 1.29 is 36.9 Å². The van der Waals surface area contributed by atoms with Crippen LogP contribution in [0.5, 0.6) is 5.75 Å². The van der Waals surface area contributed by atoms with Gasteiger partial charge in [0.1, 0.15) is 23.5 Å². The maximum Gasteiger partial charge on any atom is 0.419 e. The van der Waals surface area contributed by atoms with Crippen LogP contribution < -0.4 is 10.1 Å². The second-order valence-corrected chi connectivity index (χ2v) is 8.30. The Hall–Kier alpha value is -2.82. The monoisotopic (exact) mass is 482 g/mol. The van der Waals surface area contributed by atoms with Crippen molar-refractivity contribution in [3.63, 3.8) is 0 Å². The summed E-state index contributed by atoms with van der Waals surface area (Å²) in [7, 11) is 0. The van der Waals surface area contributed by atoms with Crippen LogP contribution in [0.4, 0.5) is 22.0 Å². The molecule has 5 nitrogen and oxygen atoms in total. The predicted octanol–water partition coefficient (Wildman–Crippen LogP) is 4.65. The first-order chi connectivity index (χ1) is 16.2. The summed E-state index contributed by atoms with van der Waals surface area (Å²) in [5.41, 5.74) is -0.619. The van der Waals surface area contributed by atoms with Gasteiger partial charge in [0.05, 0.1) is 11.7 Å². The van der Waals surface area contributed by atoms with Gasteiger partial charge < -0.3 is 20.3 Å². The number of pyridine rings is 1. The fourth-order valence-corrected chi connectivity index (χ4v) is 4.11. The van der Waals surface area contributed by atoms with Crippen molar-refractivity contribution in [3.05, 3.63) is 71.1 Å². The number of alkyl halides is 3. The molecule has 3 aromatic rings. The van der Waals surface area contributed by atoms with Crippen LogP contribution >= 0.6 is 0 Å². The van der Waals surface area contributed by atoms with Crippen molar-refractivity contribution in [1.82, 2.24) is 10.3 Å². The van der Waals surface area contributed by atoms with Crippen LogP contribution in [0.15, 0.2) is 42.7 Å². The van der Waals surface area contributed by atoms with Gasteiger partial charge >= 0.3 is 6.18 Å². The van der Waals surface area contributed by atoms with E-state index in [1.54, 1.807) is 12.3 Å². The van der Waals surface area contributed by atoms with Crippen LogP contribution in [-0.2, 0) is 12.7 Å². The highest BCUT2D eigenvalue weighted by molar-refractivity contribution is 5.88. The molecule has 0 spiro atoms. The Morgan fingerprint density at radius 2 is 1.85 bits per heavy atom. The Morgan fingerprint density at radius 1 is 1.09 bits per heavy atom. The van der Waals surface area contributed by atoms with Crippen molar-refractivity contribution in [3.8, 4) is 5.75 Å². The van der Waals surface area contributed by atoms with Crippen LogP contribution in [-0.4, -0.2) is 33.9 Å². The van der Waals surface area contributed by atoms with E-state index in [1.165, 1.54) is 12.3 Å². The molecule has 1 atom stereocenters. The van der Waals surface area contributed by atoms with Crippen LogP contribution in [0.1, 0.15) is 42.1 Å². The molecule has 3 N–H and O–H groups in total. The maximum atomic E-state index is 14.9. The number of nitrogens with one attached hydrogen (secondary N) is 1. The second-order valence-electron chi connectivity index (χ2n) is 8.30. The van der Waals surface area contributed by atoms with E-state index in [9.17, 15) is 27.1 Å². The number of fused-ring (bicyclic) bond motifs is 1. The lowest BCUT2D eigenvalue weighted by molar-refractivity contribution is -0.140. The summed E-state index contributed by atoms with van der Waals surface area (Å²) in [5, 5.41) is 23.8. The summed E-state index contributed by atoms with van der Waals surface area (Å²) < 4.78 is 72.5. The van der Waals surface area contributed by atoms with E-state index in [4.69, 9.17) is 9.84 Å². The largest absolute Gasteiger partial charge is 0.490 e. The highest BCUT2D eigenvalue weighted by Gasteiger charge is 2.36. The molecule has 1 aliphatic carbocycles.